The molecule has 0 saturated carbocycles. The lowest BCUT2D eigenvalue weighted by Gasteiger charge is -2.01. The predicted octanol–water partition coefficient (Wildman–Crippen LogP) is 3.75. The second-order valence-corrected chi connectivity index (χ2v) is 6.96. The van der Waals surface area contributed by atoms with E-state index < -0.39 is 0 Å². The van der Waals surface area contributed by atoms with E-state index >= 15 is 0 Å². The van der Waals surface area contributed by atoms with Crippen LogP contribution in [0.2, 0.25) is 0 Å². The third kappa shape index (κ3) is 2.85. The number of H-pyrrole nitrogens is 1. The van der Waals surface area contributed by atoms with E-state index in [2.05, 4.69) is 52.7 Å². The van der Waals surface area contributed by atoms with Gasteiger partial charge in [-0.3, -0.25) is 0 Å². The van der Waals surface area contributed by atoms with Crippen molar-refractivity contribution in [3.8, 4) is 11.5 Å². The van der Waals surface area contributed by atoms with Crippen molar-refractivity contribution >= 4 is 50.2 Å². The highest BCUT2D eigenvalue weighted by Gasteiger charge is 2.15. The first kappa shape index (κ1) is 16.0. The maximum absolute atomic E-state index is 5.38. The standard InChI is InChI=1S/C18H13BrN6O2/c1-9-2-3-13-11(4-9)16-17(21-13)22-18(25-23-16)24-20-7-10-5-14-15(6-12(10)19)27-8-26-14/h2-7H,8H2,1H3,(H2,21,22,24,25). The van der Waals surface area contributed by atoms with Gasteiger partial charge in [0.1, 0.15) is 5.52 Å². The number of rotatable bonds is 3. The minimum absolute atomic E-state index is 0.226. The molecule has 2 aromatic heterocycles. The van der Waals surface area contributed by atoms with Gasteiger partial charge in [-0.25, -0.2) is 5.43 Å². The smallest absolute Gasteiger partial charge is 0.265 e. The fourth-order valence-electron chi connectivity index (χ4n) is 2.92. The van der Waals surface area contributed by atoms with Gasteiger partial charge >= 0.3 is 0 Å². The Kier molecular flexibility index (Phi) is 3.68. The summed E-state index contributed by atoms with van der Waals surface area (Å²) >= 11 is 3.49. The van der Waals surface area contributed by atoms with Crippen LogP contribution in [0, 0.1) is 6.92 Å². The fraction of sp³-hybridized carbons (Fsp3) is 0.111. The Hall–Kier alpha value is -3.20. The number of fused-ring (bicyclic) bond motifs is 4. The highest BCUT2D eigenvalue weighted by Crippen LogP contribution is 2.36. The summed E-state index contributed by atoms with van der Waals surface area (Å²) in [5, 5.41) is 13.6. The van der Waals surface area contributed by atoms with Gasteiger partial charge in [-0.15, -0.1) is 10.2 Å². The third-order valence-electron chi connectivity index (χ3n) is 4.23. The van der Waals surface area contributed by atoms with Crippen LogP contribution in [0.4, 0.5) is 5.95 Å². The van der Waals surface area contributed by atoms with Crippen molar-refractivity contribution in [1.29, 1.82) is 0 Å². The van der Waals surface area contributed by atoms with Crippen LogP contribution in [-0.4, -0.2) is 33.2 Å². The molecular formula is C18H13BrN6O2. The summed E-state index contributed by atoms with van der Waals surface area (Å²) in [7, 11) is 0. The minimum Gasteiger partial charge on any atom is -0.454 e. The van der Waals surface area contributed by atoms with Gasteiger partial charge in [-0.2, -0.15) is 10.1 Å². The molecule has 9 heteroatoms. The van der Waals surface area contributed by atoms with E-state index in [1.807, 2.05) is 31.2 Å². The topological polar surface area (TPSA) is 97.3 Å². The first-order valence-electron chi connectivity index (χ1n) is 8.18. The number of hydrogen-bond donors (Lipinski definition) is 2. The summed E-state index contributed by atoms with van der Waals surface area (Å²) in [5.74, 6) is 1.70. The Morgan fingerprint density at radius 1 is 1.19 bits per heavy atom. The molecule has 8 nitrogen and oxygen atoms in total. The van der Waals surface area contributed by atoms with Crippen molar-refractivity contribution in [2.75, 3.05) is 12.2 Å². The quantitative estimate of drug-likeness (QED) is 0.383. The van der Waals surface area contributed by atoms with Crippen LogP contribution < -0.4 is 14.9 Å². The number of nitrogens with zero attached hydrogens (tertiary/aromatic N) is 4. The average molecular weight is 425 g/mol. The molecule has 1 aliphatic heterocycles. The Morgan fingerprint density at radius 3 is 2.93 bits per heavy atom. The summed E-state index contributed by atoms with van der Waals surface area (Å²) in [4.78, 5) is 7.69. The number of nitrogens with one attached hydrogen (secondary N) is 2. The lowest BCUT2D eigenvalue weighted by molar-refractivity contribution is 0.174. The summed E-state index contributed by atoms with van der Waals surface area (Å²) in [5.41, 5.74) is 7.17. The molecule has 0 unspecified atom stereocenters. The molecule has 3 heterocycles. The SMILES string of the molecule is Cc1ccc2[nH]c3nc(NN=Cc4cc5c(cc4Br)OCO5)nnc3c2c1. The van der Waals surface area contributed by atoms with E-state index in [1.54, 1.807) is 6.21 Å². The van der Waals surface area contributed by atoms with E-state index in [0.29, 0.717) is 23.1 Å². The second kappa shape index (κ2) is 6.20. The van der Waals surface area contributed by atoms with Gasteiger partial charge in [0.25, 0.3) is 5.95 Å². The summed E-state index contributed by atoms with van der Waals surface area (Å²) in [6, 6.07) is 9.81. The van der Waals surface area contributed by atoms with Gasteiger partial charge in [-0.1, -0.05) is 11.6 Å². The van der Waals surface area contributed by atoms with E-state index in [4.69, 9.17) is 9.47 Å². The van der Waals surface area contributed by atoms with Crippen molar-refractivity contribution in [3.05, 3.63) is 45.9 Å². The number of benzene rings is 2. The normalized spacial score (nSPS) is 13.1. The minimum atomic E-state index is 0.226. The van der Waals surface area contributed by atoms with Gasteiger partial charge in [0.05, 0.1) is 6.21 Å². The summed E-state index contributed by atoms with van der Waals surface area (Å²) in [6.07, 6.45) is 1.65. The number of ether oxygens (including phenoxy) is 2. The van der Waals surface area contributed by atoms with Crippen LogP contribution in [0.3, 0.4) is 0 Å². The van der Waals surface area contributed by atoms with Crippen LogP contribution in [-0.2, 0) is 0 Å². The van der Waals surface area contributed by atoms with Crippen molar-refractivity contribution in [2.45, 2.75) is 6.92 Å². The molecule has 0 atom stereocenters. The second-order valence-electron chi connectivity index (χ2n) is 6.10. The molecule has 27 heavy (non-hydrogen) atoms. The number of anilines is 1. The van der Waals surface area contributed by atoms with Gasteiger partial charge < -0.3 is 14.5 Å². The molecule has 1 aliphatic rings. The Labute approximate surface area is 161 Å². The number of hydrazone groups is 1. The van der Waals surface area contributed by atoms with E-state index in [1.165, 1.54) is 0 Å². The molecule has 0 amide bonds. The zero-order valence-corrected chi connectivity index (χ0v) is 15.7. The van der Waals surface area contributed by atoms with Crippen molar-refractivity contribution in [1.82, 2.24) is 20.2 Å². The Bertz CT molecular complexity index is 1220. The summed E-state index contributed by atoms with van der Waals surface area (Å²) < 4.78 is 11.6. The summed E-state index contributed by atoms with van der Waals surface area (Å²) in [6.45, 7) is 2.27. The number of aryl methyl sites for hydroxylation is 1. The molecular weight excluding hydrogens is 412 g/mol. The molecule has 4 aromatic rings. The number of aromatic nitrogens is 4. The molecule has 2 aromatic carbocycles. The largest absolute Gasteiger partial charge is 0.454 e. The first-order chi connectivity index (χ1) is 13.2. The molecule has 2 N–H and O–H groups in total. The van der Waals surface area contributed by atoms with E-state index in [-0.39, 0.29) is 6.79 Å². The average Bonchev–Trinajstić information content (AvgIpc) is 3.25. The highest BCUT2D eigenvalue weighted by molar-refractivity contribution is 9.10. The van der Waals surface area contributed by atoms with Crippen LogP contribution >= 0.6 is 15.9 Å². The fourth-order valence-corrected chi connectivity index (χ4v) is 3.35. The molecule has 134 valence electrons. The van der Waals surface area contributed by atoms with E-state index in [9.17, 15) is 0 Å². The molecule has 0 bridgehead atoms. The molecule has 0 aliphatic carbocycles. The van der Waals surface area contributed by atoms with Gasteiger partial charge in [0, 0.05) is 20.9 Å². The molecule has 0 fully saturated rings. The lowest BCUT2D eigenvalue weighted by atomic mass is 10.2. The van der Waals surface area contributed by atoms with Gasteiger partial charge in [0.15, 0.2) is 17.1 Å². The third-order valence-corrected chi connectivity index (χ3v) is 4.92. The van der Waals surface area contributed by atoms with Gasteiger partial charge in [-0.05, 0) is 47.1 Å². The maximum Gasteiger partial charge on any atom is 0.265 e. The number of aromatic amines is 1. The van der Waals surface area contributed by atoms with E-state index in [0.717, 1.165) is 32.0 Å². The Morgan fingerprint density at radius 2 is 2.04 bits per heavy atom. The maximum atomic E-state index is 5.38. The van der Waals surface area contributed by atoms with Crippen LogP contribution in [0.1, 0.15) is 11.1 Å². The zero-order chi connectivity index (χ0) is 18.4. The van der Waals surface area contributed by atoms with Gasteiger partial charge in [0.2, 0.25) is 6.79 Å². The zero-order valence-electron chi connectivity index (χ0n) is 14.2. The van der Waals surface area contributed by atoms with Crippen molar-refractivity contribution in [3.63, 3.8) is 0 Å². The molecule has 5 rings (SSSR count). The highest BCUT2D eigenvalue weighted by atomic mass is 79.9. The number of hydrogen-bond acceptors (Lipinski definition) is 7. The molecule has 0 spiro atoms. The Balaban J connectivity index is 1.42. The molecule has 0 saturated heterocycles. The monoisotopic (exact) mass is 424 g/mol. The van der Waals surface area contributed by atoms with Crippen LogP contribution in [0.15, 0.2) is 39.9 Å². The molecule has 0 radical (unpaired) electrons. The van der Waals surface area contributed by atoms with Crippen LogP contribution in [0.25, 0.3) is 22.1 Å². The van der Waals surface area contributed by atoms with Crippen molar-refractivity contribution in [2.24, 2.45) is 5.10 Å². The van der Waals surface area contributed by atoms with Crippen LogP contribution in [0.5, 0.6) is 11.5 Å². The number of halogens is 1. The van der Waals surface area contributed by atoms with Crippen molar-refractivity contribution < 1.29 is 9.47 Å². The predicted molar refractivity (Wildman–Crippen MR) is 105 cm³/mol. The first-order valence-corrected chi connectivity index (χ1v) is 8.98. The lowest BCUT2D eigenvalue weighted by Crippen LogP contribution is -1.99.